The first-order chi connectivity index (χ1) is 11.2. The van der Waals surface area contributed by atoms with Crippen molar-refractivity contribution in [3.63, 3.8) is 0 Å². The Morgan fingerprint density at radius 1 is 1.13 bits per heavy atom. The maximum Gasteiger partial charge on any atom is 0.318 e. The molecule has 1 saturated carbocycles. The van der Waals surface area contributed by atoms with Crippen LogP contribution in [0.4, 0.5) is 4.79 Å². The number of carbonyl (C=O) groups excluding carboxylic acids is 1. The lowest BCUT2D eigenvalue weighted by atomic mass is 10.0. The fourth-order valence-electron chi connectivity index (χ4n) is 3.09. The largest absolute Gasteiger partial charge is 0.486 e. The number of benzene rings is 1. The van der Waals surface area contributed by atoms with Crippen LogP contribution in [0.15, 0.2) is 18.2 Å². The fraction of sp³-hybridized carbons (Fsp3) is 0.611. The van der Waals surface area contributed by atoms with E-state index in [1.54, 1.807) is 0 Å². The maximum absolute atomic E-state index is 12.6. The Kier molecular flexibility index (Phi) is 4.64. The summed E-state index contributed by atoms with van der Waals surface area (Å²) in [5.74, 6) is 1.58. The van der Waals surface area contributed by atoms with E-state index in [2.05, 4.69) is 19.2 Å². The second-order valence-electron chi connectivity index (χ2n) is 6.36. The van der Waals surface area contributed by atoms with Crippen molar-refractivity contribution in [2.45, 2.75) is 45.1 Å². The summed E-state index contributed by atoms with van der Waals surface area (Å²) in [6.07, 6.45) is 3.91. The Labute approximate surface area is 137 Å². The summed E-state index contributed by atoms with van der Waals surface area (Å²) in [4.78, 5) is 14.5. The van der Waals surface area contributed by atoms with E-state index >= 15 is 0 Å². The lowest BCUT2D eigenvalue weighted by Gasteiger charge is -2.27. The Hall–Kier alpha value is -1.91. The molecule has 0 spiro atoms. The number of ether oxygens (including phenoxy) is 2. The Morgan fingerprint density at radius 2 is 1.78 bits per heavy atom. The van der Waals surface area contributed by atoms with E-state index in [4.69, 9.17) is 9.47 Å². The highest BCUT2D eigenvalue weighted by atomic mass is 16.6. The molecular formula is C18H26N2O3. The van der Waals surface area contributed by atoms with Crippen LogP contribution in [-0.2, 0) is 5.54 Å². The first-order valence-electron chi connectivity index (χ1n) is 8.66. The summed E-state index contributed by atoms with van der Waals surface area (Å²) in [6.45, 7) is 6.98. The number of amides is 2. The van der Waals surface area contributed by atoms with Gasteiger partial charge in [0.15, 0.2) is 11.5 Å². The quantitative estimate of drug-likeness (QED) is 0.876. The van der Waals surface area contributed by atoms with E-state index in [0.29, 0.717) is 13.2 Å². The molecule has 0 radical (unpaired) electrons. The van der Waals surface area contributed by atoms with Crippen LogP contribution < -0.4 is 14.8 Å². The van der Waals surface area contributed by atoms with Crippen LogP contribution in [-0.4, -0.2) is 37.2 Å². The fourth-order valence-corrected chi connectivity index (χ4v) is 3.09. The third kappa shape index (κ3) is 3.38. The van der Waals surface area contributed by atoms with Gasteiger partial charge in [0.05, 0.1) is 5.54 Å². The SMILES string of the molecule is CCCN(CCC)C(=O)NC1(c2ccc3c(c2)OCCO3)CC1. The number of nitrogens with one attached hydrogen (secondary N) is 1. The molecule has 0 aromatic heterocycles. The maximum atomic E-state index is 12.6. The molecule has 2 amide bonds. The number of fused-ring (bicyclic) bond motifs is 1. The molecular weight excluding hydrogens is 292 g/mol. The standard InChI is InChI=1S/C18H26N2O3/c1-3-9-20(10-4-2)17(21)19-18(7-8-18)14-5-6-15-16(13-14)23-12-11-22-15/h5-6,13H,3-4,7-12H2,1-2H3,(H,19,21). The predicted octanol–water partition coefficient (Wildman–Crippen LogP) is 3.28. The van der Waals surface area contributed by atoms with E-state index in [0.717, 1.165) is 55.8 Å². The van der Waals surface area contributed by atoms with Gasteiger partial charge in [0.25, 0.3) is 0 Å². The molecule has 23 heavy (non-hydrogen) atoms. The Bertz CT molecular complexity index is 563. The zero-order valence-electron chi connectivity index (χ0n) is 14.1. The summed E-state index contributed by atoms with van der Waals surface area (Å²) >= 11 is 0. The zero-order chi connectivity index (χ0) is 16.3. The molecule has 0 saturated heterocycles. The molecule has 5 nitrogen and oxygen atoms in total. The molecule has 1 heterocycles. The van der Waals surface area contributed by atoms with Gasteiger partial charge in [0, 0.05) is 13.1 Å². The van der Waals surface area contributed by atoms with Crippen molar-refractivity contribution in [1.29, 1.82) is 0 Å². The van der Waals surface area contributed by atoms with Crippen LogP contribution >= 0.6 is 0 Å². The molecule has 1 aromatic carbocycles. The molecule has 1 aromatic rings. The molecule has 126 valence electrons. The molecule has 5 heteroatoms. The van der Waals surface area contributed by atoms with Gasteiger partial charge in [0.1, 0.15) is 13.2 Å². The van der Waals surface area contributed by atoms with Crippen LogP contribution in [0, 0.1) is 0 Å². The minimum absolute atomic E-state index is 0.0427. The van der Waals surface area contributed by atoms with Crippen LogP contribution in [0.5, 0.6) is 11.5 Å². The average molecular weight is 318 g/mol. The highest BCUT2D eigenvalue weighted by Crippen LogP contribution is 2.48. The average Bonchev–Trinajstić information content (AvgIpc) is 3.35. The van der Waals surface area contributed by atoms with Crippen LogP contribution in [0.2, 0.25) is 0 Å². The Balaban J connectivity index is 1.73. The normalized spacial score (nSPS) is 17.5. The summed E-state index contributed by atoms with van der Waals surface area (Å²) in [5.41, 5.74) is 0.884. The molecule has 2 aliphatic rings. The number of hydrogen-bond acceptors (Lipinski definition) is 3. The Morgan fingerprint density at radius 3 is 2.39 bits per heavy atom. The van der Waals surface area contributed by atoms with Crippen molar-refractivity contribution in [3.05, 3.63) is 23.8 Å². The van der Waals surface area contributed by atoms with Gasteiger partial charge < -0.3 is 19.7 Å². The molecule has 1 fully saturated rings. The first-order valence-corrected chi connectivity index (χ1v) is 8.66. The van der Waals surface area contributed by atoms with Gasteiger partial charge in [-0.1, -0.05) is 19.9 Å². The van der Waals surface area contributed by atoms with Crippen molar-refractivity contribution in [2.24, 2.45) is 0 Å². The minimum atomic E-state index is -0.230. The molecule has 1 aliphatic heterocycles. The van der Waals surface area contributed by atoms with Gasteiger partial charge >= 0.3 is 6.03 Å². The number of hydrogen-bond donors (Lipinski definition) is 1. The molecule has 3 rings (SSSR count). The van der Waals surface area contributed by atoms with Gasteiger partial charge in [-0.3, -0.25) is 0 Å². The summed E-state index contributed by atoms with van der Waals surface area (Å²) in [6, 6.07) is 6.06. The van der Waals surface area contributed by atoms with Gasteiger partial charge in [-0.05, 0) is 43.4 Å². The van der Waals surface area contributed by atoms with Crippen LogP contribution in [0.3, 0.4) is 0 Å². The molecule has 0 unspecified atom stereocenters. The second-order valence-corrected chi connectivity index (χ2v) is 6.36. The predicted molar refractivity (Wildman–Crippen MR) is 89.0 cm³/mol. The van der Waals surface area contributed by atoms with E-state index in [1.807, 2.05) is 23.1 Å². The molecule has 1 aliphatic carbocycles. The van der Waals surface area contributed by atoms with Crippen molar-refractivity contribution in [2.75, 3.05) is 26.3 Å². The van der Waals surface area contributed by atoms with Gasteiger partial charge in [-0.2, -0.15) is 0 Å². The highest BCUT2D eigenvalue weighted by Gasteiger charge is 2.46. The van der Waals surface area contributed by atoms with Crippen molar-refractivity contribution < 1.29 is 14.3 Å². The van der Waals surface area contributed by atoms with E-state index in [9.17, 15) is 4.79 Å². The summed E-state index contributed by atoms with van der Waals surface area (Å²) < 4.78 is 11.2. The van der Waals surface area contributed by atoms with Gasteiger partial charge in [-0.15, -0.1) is 0 Å². The monoisotopic (exact) mass is 318 g/mol. The molecule has 0 atom stereocenters. The molecule has 1 N–H and O–H groups in total. The number of urea groups is 1. The smallest absolute Gasteiger partial charge is 0.318 e. The van der Waals surface area contributed by atoms with Crippen molar-refractivity contribution in [3.8, 4) is 11.5 Å². The summed E-state index contributed by atoms with van der Waals surface area (Å²) in [7, 11) is 0. The third-order valence-electron chi connectivity index (χ3n) is 4.47. The topological polar surface area (TPSA) is 50.8 Å². The second kappa shape index (κ2) is 6.69. The van der Waals surface area contributed by atoms with Gasteiger partial charge in [-0.25, -0.2) is 4.79 Å². The molecule has 0 bridgehead atoms. The zero-order valence-corrected chi connectivity index (χ0v) is 14.1. The lowest BCUT2D eigenvalue weighted by Crippen LogP contribution is -2.45. The van der Waals surface area contributed by atoms with E-state index < -0.39 is 0 Å². The van der Waals surface area contributed by atoms with Crippen molar-refractivity contribution in [1.82, 2.24) is 10.2 Å². The number of nitrogens with zero attached hydrogens (tertiary/aromatic N) is 1. The third-order valence-corrected chi connectivity index (χ3v) is 4.47. The van der Waals surface area contributed by atoms with Crippen LogP contribution in [0.25, 0.3) is 0 Å². The first kappa shape index (κ1) is 16.0. The number of carbonyl (C=O) groups is 1. The number of rotatable bonds is 6. The minimum Gasteiger partial charge on any atom is -0.486 e. The lowest BCUT2D eigenvalue weighted by molar-refractivity contribution is 0.171. The van der Waals surface area contributed by atoms with E-state index in [1.165, 1.54) is 0 Å². The highest BCUT2D eigenvalue weighted by molar-refractivity contribution is 5.76. The van der Waals surface area contributed by atoms with Crippen LogP contribution in [0.1, 0.15) is 45.1 Å². The van der Waals surface area contributed by atoms with E-state index in [-0.39, 0.29) is 11.6 Å². The summed E-state index contributed by atoms with van der Waals surface area (Å²) in [5, 5.41) is 3.25. The van der Waals surface area contributed by atoms with Gasteiger partial charge in [0.2, 0.25) is 0 Å². The van der Waals surface area contributed by atoms with Crippen molar-refractivity contribution >= 4 is 6.03 Å².